The molecule has 0 aliphatic heterocycles. The van der Waals surface area contributed by atoms with Crippen molar-refractivity contribution in [3.63, 3.8) is 0 Å². The topological polar surface area (TPSA) is 0 Å². The van der Waals surface area contributed by atoms with E-state index in [9.17, 15) is 0 Å². The van der Waals surface area contributed by atoms with E-state index in [4.69, 9.17) is 0 Å². The van der Waals surface area contributed by atoms with Crippen molar-refractivity contribution in [1.82, 2.24) is 0 Å². The Morgan fingerprint density at radius 3 is 2.50 bits per heavy atom. The normalized spacial score (nSPS) is 10.0. The summed E-state index contributed by atoms with van der Waals surface area (Å²) in [4.78, 5) is 0. The van der Waals surface area contributed by atoms with Gasteiger partial charge in [0.25, 0.3) is 0 Å². The molecular formula is C9H11Li. The summed E-state index contributed by atoms with van der Waals surface area (Å²) in [5.74, 6) is 0. The molecule has 0 amide bonds. The van der Waals surface area contributed by atoms with Crippen LogP contribution in [-0.4, -0.2) is 17.7 Å². The van der Waals surface area contributed by atoms with Crippen LogP contribution in [0.2, 0.25) is 0 Å². The molecule has 0 saturated carbocycles. The molecule has 0 unspecified atom stereocenters. The molecule has 0 nitrogen and oxygen atoms in total. The Kier molecular flexibility index (Phi) is 2.60. The fourth-order valence-corrected chi connectivity index (χ4v) is 1.24. The average Bonchev–Trinajstić information content (AvgIpc) is 1.88. The number of hydrogen-bond donors (Lipinski definition) is 0. The predicted molar refractivity (Wildman–Crippen MR) is 45.4 cm³/mol. The molecule has 48 valence electrons. The van der Waals surface area contributed by atoms with Crippen molar-refractivity contribution in [2.45, 2.75) is 18.9 Å². The van der Waals surface area contributed by atoms with Crippen LogP contribution in [0.4, 0.5) is 0 Å². The third-order valence-corrected chi connectivity index (χ3v) is 1.88. The van der Waals surface area contributed by atoms with E-state index in [2.05, 4.69) is 49.8 Å². The summed E-state index contributed by atoms with van der Waals surface area (Å²) in [5, 5.41) is 1.14. The van der Waals surface area contributed by atoms with Gasteiger partial charge in [0, 0.05) is 0 Å². The van der Waals surface area contributed by atoms with Gasteiger partial charge >= 0.3 is 71.5 Å². The van der Waals surface area contributed by atoms with Crippen LogP contribution in [0, 0.1) is 13.8 Å². The van der Waals surface area contributed by atoms with Crippen molar-refractivity contribution in [2.75, 3.05) is 0 Å². The van der Waals surface area contributed by atoms with E-state index in [1.54, 1.807) is 0 Å². The van der Waals surface area contributed by atoms with Crippen molar-refractivity contribution < 1.29 is 0 Å². The van der Waals surface area contributed by atoms with Gasteiger partial charge in [-0.05, 0) is 0 Å². The first-order chi connectivity index (χ1) is 4.74. The van der Waals surface area contributed by atoms with Crippen LogP contribution < -0.4 is 0 Å². The summed E-state index contributed by atoms with van der Waals surface area (Å²) >= 11 is 2.19. The minimum absolute atomic E-state index is 1.14. The first-order valence-corrected chi connectivity index (χ1v) is 3.80. The van der Waals surface area contributed by atoms with Gasteiger partial charge in [-0.25, -0.2) is 0 Å². The van der Waals surface area contributed by atoms with E-state index in [0.29, 0.717) is 0 Å². The summed E-state index contributed by atoms with van der Waals surface area (Å²) in [6.07, 6.45) is 0. The Hall–Kier alpha value is -0.183. The van der Waals surface area contributed by atoms with Crippen LogP contribution in [0.3, 0.4) is 0 Å². The monoisotopic (exact) mass is 126 g/mol. The molecule has 0 spiro atoms. The summed E-state index contributed by atoms with van der Waals surface area (Å²) in [7, 11) is 0. The Balaban J connectivity index is 3.07. The van der Waals surface area contributed by atoms with Gasteiger partial charge in [0.1, 0.15) is 0 Å². The fraction of sp³-hybridized carbons (Fsp3) is 0.333. The SMILES string of the molecule is [Li][CH2]c1ccc(C)cc1C. The van der Waals surface area contributed by atoms with Gasteiger partial charge < -0.3 is 0 Å². The third-order valence-electron chi connectivity index (χ3n) is 1.88. The van der Waals surface area contributed by atoms with Gasteiger partial charge in [0.2, 0.25) is 0 Å². The van der Waals surface area contributed by atoms with E-state index >= 15 is 0 Å². The molecule has 0 fully saturated rings. The van der Waals surface area contributed by atoms with Crippen molar-refractivity contribution in [3.8, 4) is 0 Å². The summed E-state index contributed by atoms with van der Waals surface area (Å²) < 4.78 is 0. The van der Waals surface area contributed by atoms with Gasteiger partial charge in [0.15, 0.2) is 0 Å². The zero-order valence-corrected chi connectivity index (χ0v) is 6.94. The van der Waals surface area contributed by atoms with Gasteiger partial charge in [0.05, 0.1) is 0 Å². The Morgan fingerprint density at radius 1 is 1.30 bits per heavy atom. The molecule has 1 aromatic carbocycles. The van der Waals surface area contributed by atoms with Gasteiger partial charge in [-0.15, -0.1) is 0 Å². The quantitative estimate of drug-likeness (QED) is 0.504. The van der Waals surface area contributed by atoms with Gasteiger partial charge in [-0.2, -0.15) is 0 Å². The van der Waals surface area contributed by atoms with E-state index in [0.717, 1.165) is 5.09 Å². The molecule has 0 atom stereocenters. The molecule has 0 bridgehead atoms. The van der Waals surface area contributed by atoms with Crippen LogP contribution in [0.5, 0.6) is 0 Å². The van der Waals surface area contributed by atoms with Crippen LogP contribution in [0.25, 0.3) is 0 Å². The molecule has 0 aliphatic carbocycles. The molecule has 0 aromatic heterocycles. The van der Waals surface area contributed by atoms with E-state index < -0.39 is 0 Å². The van der Waals surface area contributed by atoms with Crippen LogP contribution in [0.15, 0.2) is 18.2 Å². The molecular weight excluding hydrogens is 115 g/mol. The first kappa shape index (κ1) is 7.92. The Morgan fingerprint density at radius 2 is 2.00 bits per heavy atom. The maximum atomic E-state index is 2.23. The second-order valence-corrected chi connectivity index (χ2v) is 2.78. The van der Waals surface area contributed by atoms with Gasteiger partial charge in [-0.1, -0.05) is 0 Å². The molecule has 0 radical (unpaired) electrons. The van der Waals surface area contributed by atoms with Crippen LogP contribution in [0.1, 0.15) is 16.7 Å². The Bertz CT molecular complexity index is 228. The average molecular weight is 126 g/mol. The minimum atomic E-state index is 1.14. The van der Waals surface area contributed by atoms with E-state index in [1.807, 2.05) is 0 Å². The third kappa shape index (κ3) is 1.65. The molecule has 0 heterocycles. The molecule has 10 heavy (non-hydrogen) atoms. The second-order valence-electron chi connectivity index (χ2n) is 2.78. The number of benzene rings is 1. The zero-order valence-electron chi connectivity index (χ0n) is 6.94. The second kappa shape index (κ2) is 3.28. The van der Waals surface area contributed by atoms with Crippen molar-refractivity contribution in [3.05, 3.63) is 34.9 Å². The summed E-state index contributed by atoms with van der Waals surface area (Å²) in [5.41, 5.74) is 4.24. The molecule has 1 rings (SSSR count). The molecule has 0 N–H and O–H groups in total. The van der Waals surface area contributed by atoms with Crippen LogP contribution >= 0.6 is 0 Å². The number of rotatable bonds is 1. The molecule has 1 aromatic rings. The maximum absolute atomic E-state index is 2.23. The molecule has 0 saturated heterocycles. The number of hydrogen-bond acceptors (Lipinski definition) is 0. The van der Waals surface area contributed by atoms with Crippen molar-refractivity contribution in [1.29, 1.82) is 0 Å². The Labute approximate surface area is 71.8 Å². The molecule has 0 aliphatic rings. The van der Waals surface area contributed by atoms with Crippen molar-refractivity contribution in [2.24, 2.45) is 0 Å². The van der Waals surface area contributed by atoms with E-state index in [1.165, 1.54) is 16.7 Å². The van der Waals surface area contributed by atoms with Crippen LogP contribution in [-0.2, 0) is 5.09 Å². The zero-order chi connectivity index (χ0) is 7.56. The molecule has 1 heteroatoms. The van der Waals surface area contributed by atoms with Gasteiger partial charge in [-0.3, -0.25) is 0 Å². The number of aryl methyl sites for hydroxylation is 2. The summed E-state index contributed by atoms with van der Waals surface area (Å²) in [6.45, 7) is 4.30. The summed E-state index contributed by atoms with van der Waals surface area (Å²) in [6, 6.07) is 6.62. The standard InChI is InChI=1S/C9H11.Li/c1-7-4-5-8(2)9(3)6-7;/h4-6H,2H2,1,3H3;. The van der Waals surface area contributed by atoms with Crippen molar-refractivity contribution >= 4 is 17.7 Å². The predicted octanol–water partition coefficient (Wildman–Crippen LogP) is 1.97. The fourth-order valence-electron chi connectivity index (χ4n) is 1.24. The van der Waals surface area contributed by atoms with E-state index in [-0.39, 0.29) is 0 Å². The first-order valence-electron chi connectivity index (χ1n) is 3.80.